The number of hydrogen-bond acceptors (Lipinski definition) is 3. The summed E-state index contributed by atoms with van der Waals surface area (Å²) < 4.78 is 0. The second kappa shape index (κ2) is 8.53. The van der Waals surface area contributed by atoms with E-state index < -0.39 is 11.5 Å². The van der Waals surface area contributed by atoms with Crippen LogP contribution in [0.3, 0.4) is 0 Å². The third-order valence-electron chi connectivity index (χ3n) is 2.82. The number of hydrogen-bond donors (Lipinski definition) is 3. The molecule has 0 saturated heterocycles. The van der Waals surface area contributed by atoms with E-state index in [-0.39, 0.29) is 6.61 Å². The summed E-state index contributed by atoms with van der Waals surface area (Å²) in [5.74, 6) is -0.773. The zero-order valence-corrected chi connectivity index (χ0v) is 10.5. The molecule has 1 unspecified atom stereocenters. The van der Waals surface area contributed by atoms with Crippen LogP contribution in [0.1, 0.15) is 52.4 Å². The standard InChI is InChI=1S/C12H25NO3/c1-3-8-12(2,11(15)16)13-9-6-4-5-7-10-14/h13-14H,3-10H2,1-2H3,(H,15,16). The molecule has 1 atom stereocenters. The van der Waals surface area contributed by atoms with E-state index >= 15 is 0 Å². The molecule has 0 aliphatic heterocycles. The van der Waals surface area contributed by atoms with Crippen LogP contribution in [-0.2, 0) is 4.79 Å². The van der Waals surface area contributed by atoms with E-state index in [1.807, 2.05) is 6.92 Å². The van der Waals surface area contributed by atoms with Crippen LogP contribution in [0, 0.1) is 0 Å². The lowest BCUT2D eigenvalue weighted by Gasteiger charge is -2.25. The van der Waals surface area contributed by atoms with E-state index in [0.29, 0.717) is 6.42 Å². The predicted octanol–water partition coefficient (Wildman–Crippen LogP) is 1.77. The zero-order valence-electron chi connectivity index (χ0n) is 10.5. The number of unbranched alkanes of at least 4 members (excludes halogenated alkanes) is 3. The maximum absolute atomic E-state index is 11.1. The van der Waals surface area contributed by atoms with Crippen LogP contribution in [-0.4, -0.2) is 34.9 Å². The number of aliphatic hydroxyl groups excluding tert-OH is 1. The number of aliphatic hydroxyl groups is 1. The summed E-state index contributed by atoms with van der Waals surface area (Å²) in [6, 6.07) is 0. The molecule has 0 aromatic rings. The van der Waals surface area contributed by atoms with Gasteiger partial charge in [-0.05, 0) is 32.7 Å². The fourth-order valence-corrected chi connectivity index (χ4v) is 1.73. The van der Waals surface area contributed by atoms with E-state index in [2.05, 4.69) is 5.32 Å². The molecule has 3 N–H and O–H groups in total. The summed E-state index contributed by atoms with van der Waals surface area (Å²) in [5, 5.41) is 20.8. The topological polar surface area (TPSA) is 69.6 Å². The minimum absolute atomic E-state index is 0.246. The molecule has 0 heterocycles. The van der Waals surface area contributed by atoms with Crippen LogP contribution >= 0.6 is 0 Å². The van der Waals surface area contributed by atoms with Gasteiger partial charge in [0.15, 0.2) is 0 Å². The summed E-state index contributed by atoms with van der Waals surface area (Å²) >= 11 is 0. The van der Waals surface area contributed by atoms with Gasteiger partial charge in [0.1, 0.15) is 5.54 Å². The summed E-state index contributed by atoms with van der Waals surface area (Å²) in [7, 11) is 0. The second-order valence-electron chi connectivity index (χ2n) is 4.45. The Bertz CT molecular complexity index is 197. The van der Waals surface area contributed by atoms with E-state index in [4.69, 9.17) is 10.2 Å². The van der Waals surface area contributed by atoms with Gasteiger partial charge >= 0.3 is 5.97 Å². The number of carboxylic acid groups (broad SMARTS) is 1. The molecule has 0 aliphatic rings. The smallest absolute Gasteiger partial charge is 0.323 e. The van der Waals surface area contributed by atoms with Crippen LogP contribution in [0.5, 0.6) is 0 Å². The Hall–Kier alpha value is -0.610. The molecule has 0 aliphatic carbocycles. The van der Waals surface area contributed by atoms with Crippen molar-refractivity contribution in [2.75, 3.05) is 13.2 Å². The van der Waals surface area contributed by atoms with Crippen LogP contribution in [0.4, 0.5) is 0 Å². The van der Waals surface area contributed by atoms with E-state index in [0.717, 1.165) is 38.6 Å². The first-order valence-electron chi connectivity index (χ1n) is 6.16. The van der Waals surface area contributed by atoms with Crippen molar-refractivity contribution in [2.24, 2.45) is 0 Å². The predicted molar refractivity (Wildman–Crippen MR) is 64.5 cm³/mol. The van der Waals surface area contributed by atoms with Gasteiger partial charge in [-0.3, -0.25) is 4.79 Å². The maximum Gasteiger partial charge on any atom is 0.323 e. The number of nitrogens with one attached hydrogen (secondary N) is 1. The number of aliphatic carboxylic acids is 1. The summed E-state index contributed by atoms with van der Waals surface area (Å²) in [6.07, 6.45) is 5.36. The highest BCUT2D eigenvalue weighted by Gasteiger charge is 2.30. The van der Waals surface area contributed by atoms with Crippen molar-refractivity contribution in [2.45, 2.75) is 57.9 Å². The third kappa shape index (κ3) is 6.08. The Morgan fingerprint density at radius 1 is 1.25 bits per heavy atom. The lowest BCUT2D eigenvalue weighted by molar-refractivity contribution is -0.144. The van der Waals surface area contributed by atoms with Gasteiger partial charge in [0.25, 0.3) is 0 Å². The Morgan fingerprint density at radius 2 is 1.88 bits per heavy atom. The summed E-state index contributed by atoms with van der Waals surface area (Å²) in [5.41, 5.74) is -0.786. The first-order chi connectivity index (χ1) is 7.56. The first kappa shape index (κ1) is 15.4. The lowest BCUT2D eigenvalue weighted by atomic mass is 9.96. The Labute approximate surface area is 98.1 Å². The van der Waals surface area contributed by atoms with Gasteiger partial charge < -0.3 is 15.5 Å². The molecule has 4 nitrogen and oxygen atoms in total. The molecule has 0 fully saturated rings. The SMILES string of the molecule is CCCC(C)(NCCCCCCO)C(=O)O. The molecule has 0 spiro atoms. The molecule has 0 bridgehead atoms. The lowest BCUT2D eigenvalue weighted by Crippen LogP contribution is -2.49. The molecule has 0 saturated carbocycles. The second-order valence-corrected chi connectivity index (χ2v) is 4.45. The normalized spacial score (nSPS) is 14.7. The Balaban J connectivity index is 3.73. The minimum atomic E-state index is -0.786. The van der Waals surface area contributed by atoms with Crippen molar-refractivity contribution in [3.05, 3.63) is 0 Å². The average Bonchev–Trinajstić information content (AvgIpc) is 2.23. The van der Waals surface area contributed by atoms with Gasteiger partial charge in [0.2, 0.25) is 0 Å². The zero-order chi connectivity index (χ0) is 12.4. The van der Waals surface area contributed by atoms with Crippen molar-refractivity contribution in [3.63, 3.8) is 0 Å². The highest BCUT2D eigenvalue weighted by atomic mass is 16.4. The Morgan fingerprint density at radius 3 is 2.38 bits per heavy atom. The summed E-state index contributed by atoms with van der Waals surface area (Å²) in [6.45, 7) is 4.71. The van der Waals surface area contributed by atoms with Crippen molar-refractivity contribution in [1.29, 1.82) is 0 Å². The van der Waals surface area contributed by atoms with Crippen LogP contribution in [0.2, 0.25) is 0 Å². The van der Waals surface area contributed by atoms with Gasteiger partial charge in [-0.1, -0.05) is 26.2 Å². The summed E-state index contributed by atoms with van der Waals surface area (Å²) in [4.78, 5) is 11.1. The van der Waals surface area contributed by atoms with Gasteiger partial charge in [-0.15, -0.1) is 0 Å². The first-order valence-corrected chi connectivity index (χ1v) is 6.16. The molecule has 0 aromatic heterocycles. The van der Waals surface area contributed by atoms with Crippen LogP contribution in [0.25, 0.3) is 0 Å². The molecule has 0 aromatic carbocycles. The van der Waals surface area contributed by atoms with Gasteiger partial charge in [-0.25, -0.2) is 0 Å². The largest absolute Gasteiger partial charge is 0.480 e. The Kier molecular flexibility index (Phi) is 8.21. The highest BCUT2D eigenvalue weighted by Crippen LogP contribution is 2.12. The van der Waals surface area contributed by atoms with E-state index in [1.165, 1.54) is 0 Å². The molecule has 16 heavy (non-hydrogen) atoms. The number of rotatable bonds is 10. The molecular weight excluding hydrogens is 206 g/mol. The van der Waals surface area contributed by atoms with Crippen molar-refractivity contribution in [1.82, 2.24) is 5.32 Å². The minimum Gasteiger partial charge on any atom is -0.480 e. The molecule has 96 valence electrons. The fourth-order valence-electron chi connectivity index (χ4n) is 1.73. The monoisotopic (exact) mass is 231 g/mol. The maximum atomic E-state index is 11.1. The highest BCUT2D eigenvalue weighted by molar-refractivity contribution is 5.78. The molecular formula is C12H25NO3. The number of carboxylic acids is 1. The molecule has 4 heteroatoms. The van der Waals surface area contributed by atoms with Crippen LogP contribution < -0.4 is 5.32 Å². The van der Waals surface area contributed by atoms with Crippen molar-refractivity contribution >= 4 is 5.97 Å². The van der Waals surface area contributed by atoms with Gasteiger partial charge in [0, 0.05) is 6.61 Å². The molecule has 0 radical (unpaired) electrons. The fraction of sp³-hybridized carbons (Fsp3) is 0.917. The quantitative estimate of drug-likeness (QED) is 0.501. The van der Waals surface area contributed by atoms with Gasteiger partial charge in [0.05, 0.1) is 0 Å². The van der Waals surface area contributed by atoms with Crippen molar-refractivity contribution < 1.29 is 15.0 Å². The van der Waals surface area contributed by atoms with Crippen molar-refractivity contribution in [3.8, 4) is 0 Å². The van der Waals surface area contributed by atoms with Crippen LogP contribution in [0.15, 0.2) is 0 Å². The van der Waals surface area contributed by atoms with Gasteiger partial charge in [-0.2, -0.15) is 0 Å². The number of carbonyl (C=O) groups is 1. The third-order valence-corrected chi connectivity index (χ3v) is 2.82. The molecule has 0 rings (SSSR count). The molecule has 0 amide bonds. The average molecular weight is 231 g/mol. The van der Waals surface area contributed by atoms with E-state index in [1.54, 1.807) is 6.92 Å². The van der Waals surface area contributed by atoms with E-state index in [9.17, 15) is 4.79 Å².